The molecular formula is C15H15BrClNO. The van der Waals surface area contributed by atoms with Crippen LogP contribution in [0, 0.1) is 0 Å². The van der Waals surface area contributed by atoms with Crippen molar-refractivity contribution < 1.29 is 4.74 Å². The fourth-order valence-corrected chi connectivity index (χ4v) is 2.66. The first-order chi connectivity index (χ1) is 9.10. The van der Waals surface area contributed by atoms with Gasteiger partial charge in [-0.05, 0) is 41.8 Å². The third-order valence-electron chi connectivity index (χ3n) is 2.98. The standard InChI is InChI=1S/C15H15BrClNO/c1-19-13-4-2-3-11(7-13)15(18)8-10-5-6-12(16)9-14(10)17/h2-7,9,15H,8,18H2,1H3. The van der Waals surface area contributed by atoms with Gasteiger partial charge in [0.2, 0.25) is 0 Å². The topological polar surface area (TPSA) is 35.2 Å². The van der Waals surface area contributed by atoms with Gasteiger partial charge in [-0.1, -0.05) is 45.7 Å². The van der Waals surface area contributed by atoms with Crippen LogP contribution in [0.3, 0.4) is 0 Å². The molecule has 1 unspecified atom stereocenters. The van der Waals surface area contributed by atoms with Gasteiger partial charge in [0, 0.05) is 15.5 Å². The lowest BCUT2D eigenvalue weighted by Crippen LogP contribution is -2.13. The van der Waals surface area contributed by atoms with Gasteiger partial charge in [0.05, 0.1) is 7.11 Å². The normalized spacial score (nSPS) is 12.2. The minimum atomic E-state index is -0.103. The number of ether oxygens (including phenoxy) is 1. The Morgan fingerprint density at radius 1 is 1.26 bits per heavy atom. The zero-order valence-corrected chi connectivity index (χ0v) is 12.9. The van der Waals surface area contributed by atoms with E-state index in [1.54, 1.807) is 7.11 Å². The molecule has 0 radical (unpaired) electrons. The van der Waals surface area contributed by atoms with Gasteiger partial charge in [0.15, 0.2) is 0 Å². The van der Waals surface area contributed by atoms with Crippen LogP contribution in [-0.4, -0.2) is 7.11 Å². The average molecular weight is 341 g/mol. The highest BCUT2D eigenvalue weighted by Gasteiger charge is 2.10. The van der Waals surface area contributed by atoms with E-state index in [1.165, 1.54) is 0 Å². The summed E-state index contributed by atoms with van der Waals surface area (Å²) >= 11 is 9.60. The highest BCUT2D eigenvalue weighted by atomic mass is 79.9. The van der Waals surface area contributed by atoms with Gasteiger partial charge in [-0.25, -0.2) is 0 Å². The van der Waals surface area contributed by atoms with Crippen LogP contribution < -0.4 is 10.5 Å². The molecule has 1 atom stereocenters. The number of halogens is 2. The molecule has 2 aromatic rings. The molecule has 2 N–H and O–H groups in total. The van der Waals surface area contributed by atoms with Crippen molar-refractivity contribution in [2.45, 2.75) is 12.5 Å². The molecule has 0 fully saturated rings. The van der Waals surface area contributed by atoms with E-state index in [9.17, 15) is 0 Å². The first-order valence-electron chi connectivity index (χ1n) is 5.93. The Balaban J connectivity index is 2.17. The number of hydrogen-bond acceptors (Lipinski definition) is 2. The van der Waals surface area contributed by atoms with E-state index >= 15 is 0 Å². The molecule has 0 saturated heterocycles. The van der Waals surface area contributed by atoms with Gasteiger partial charge in [-0.15, -0.1) is 0 Å². The largest absolute Gasteiger partial charge is 0.497 e. The number of methoxy groups -OCH3 is 1. The Morgan fingerprint density at radius 2 is 2.05 bits per heavy atom. The lowest BCUT2D eigenvalue weighted by Gasteiger charge is -2.14. The van der Waals surface area contributed by atoms with Crippen LogP contribution in [0.5, 0.6) is 5.75 Å². The van der Waals surface area contributed by atoms with Crippen molar-refractivity contribution in [1.29, 1.82) is 0 Å². The SMILES string of the molecule is COc1cccc(C(N)Cc2ccc(Br)cc2Cl)c1. The van der Waals surface area contributed by atoms with Crippen LogP contribution >= 0.6 is 27.5 Å². The molecule has 2 nitrogen and oxygen atoms in total. The Bertz CT molecular complexity index is 574. The van der Waals surface area contributed by atoms with E-state index in [-0.39, 0.29) is 6.04 Å². The molecule has 0 spiro atoms. The summed E-state index contributed by atoms with van der Waals surface area (Å²) in [5.74, 6) is 0.815. The summed E-state index contributed by atoms with van der Waals surface area (Å²) < 4.78 is 6.18. The quantitative estimate of drug-likeness (QED) is 0.898. The molecule has 100 valence electrons. The number of hydrogen-bond donors (Lipinski definition) is 1. The van der Waals surface area contributed by atoms with Crippen molar-refractivity contribution >= 4 is 27.5 Å². The van der Waals surface area contributed by atoms with E-state index in [1.807, 2.05) is 42.5 Å². The molecule has 0 aliphatic heterocycles. The molecule has 0 aromatic heterocycles. The molecule has 0 saturated carbocycles. The molecule has 0 bridgehead atoms. The Morgan fingerprint density at radius 3 is 2.74 bits per heavy atom. The van der Waals surface area contributed by atoms with Crippen molar-refractivity contribution in [3.05, 3.63) is 63.1 Å². The fourth-order valence-electron chi connectivity index (χ4n) is 1.91. The first-order valence-corrected chi connectivity index (χ1v) is 7.10. The predicted molar refractivity (Wildman–Crippen MR) is 82.8 cm³/mol. The van der Waals surface area contributed by atoms with Gasteiger partial charge >= 0.3 is 0 Å². The summed E-state index contributed by atoms with van der Waals surface area (Å²) in [4.78, 5) is 0. The molecule has 0 aliphatic carbocycles. The summed E-state index contributed by atoms with van der Waals surface area (Å²) in [6.45, 7) is 0. The van der Waals surface area contributed by atoms with Crippen molar-refractivity contribution in [3.63, 3.8) is 0 Å². The van der Waals surface area contributed by atoms with E-state index < -0.39 is 0 Å². The smallest absolute Gasteiger partial charge is 0.119 e. The average Bonchev–Trinajstić information content (AvgIpc) is 2.42. The first kappa shape index (κ1) is 14.4. The van der Waals surface area contributed by atoms with E-state index in [0.717, 1.165) is 26.4 Å². The van der Waals surface area contributed by atoms with Gasteiger partial charge in [0.25, 0.3) is 0 Å². The second-order valence-corrected chi connectivity index (χ2v) is 5.65. The minimum Gasteiger partial charge on any atom is -0.497 e. The van der Waals surface area contributed by atoms with Gasteiger partial charge in [-0.3, -0.25) is 0 Å². The van der Waals surface area contributed by atoms with Gasteiger partial charge in [-0.2, -0.15) is 0 Å². The Kier molecular flexibility index (Phi) is 4.86. The predicted octanol–water partition coefficient (Wildman–Crippen LogP) is 4.35. The zero-order chi connectivity index (χ0) is 13.8. The maximum Gasteiger partial charge on any atom is 0.119 e. The number of nitrogens with two attached hydrogens (primary N) is 1. The molecular weight excluding hydrogens is 326 g/mol. The van der Waals surface area contributed by atoms with Crippen LogP contribution in [0.4, 0.5) is 0 Å². The summed E-state index contributed by atoms with van der Waals surface area (Å²) in [6.07, 6.45) is 0.694. The molecule has 0 aliphatic rings. The van der Waals surface area contributed by atoms with Crippen LogP contribution in [0.1, 0.15) is 17.2 Å². The highest BCUT2D eigenvalue weighted by Crippen LogP contribution is 2.26. The Labute approximate surface area is 126 Å². The fraction of sp³-hybridized carbons (Fsp3) is 0.200. The maximum atomic E-state index is 6.23. The molecule has 4 heteroatoms. The maximum absolute atomic E-state index is 6.23. The van der Waals surface area contributed by atoms with Crippen LogP contribution in [0.15, 0.2) is 46.9 Å². The van der Waals surface area contributed by atoms with Crippen molar-refractivity contribution in [2.24, 2.45) is 5.73 Å². The van der Waals surface area contributed by atoms with Crippen molar-refractivity contribution in [3.8, 4) is 5.75 Å². The molecule has 0 amide bonds. The second-order valence-electron chi connectivity index (χ2n) is 4.32. The number of rotatable bonds is 4. The minimum absolute atomic E-state index is 0.103. The lowest BCUT2D eigenvalue weighted by atomic mass is 9.99. The van der Waals surface area contributed by atoms with Crippen LogP contribution in [-0.2, 0) is 6.42 Å². The third kappa shape index (κ3) is 3.72. The van der Waals surface area contributed by atoms with Crippen molar-refractivity contribution in [1.82, 2.24) is 0 Å². The summed E-state index contributed by atoms with van der Waals surface area (Å²) in [5.41, 5.74) is 8.31. The summed E-state index contributed by atoms with van der Waals surface area (Å²) in [6, 6.07) is 13.5. The van der Waals surface area contributed by atoms with E-state index in [2.05, 4.69) is 15.9 Å². The van der Waals surface area contributed by atoms with Crippen LogP contribution in [0.2, 0.25) is 5.02 Å². The monoisotopic (exact) mass is 339 g/mol. The van der Waals surface area contributed by atoms with E-state index in [4.69, 9.17) is 22.1 Å². The molecule has 2 aromatic carbocycles. The van der Waals surface area contributed by atoms with Gasteiger partial charge in [0.1, 0.15) is 5.75 Å². The van der Waals surface area contributed by atoms with Crippen molar-refractivity contribution in [2.75, 3.05) is 7.11 Å². The van der Waals surface area contributed by atoms with E-state index in [0.29, 0.717) is 6.42 Å². The molecule has 0 heterocycles. The highest BCUT2D eigenvalue weighted by molar-refractivity contribution is 9.10. The number of benzene rings is 2. The summed E-state index contributed by atoms with van der Waals surface area (Å²) in [5, 5.41) is 0.729. The summed E-state index contributed by atoms with van der Waals surface area (Å²) in [7, 11) is 1.65. The van der Waals surface area contributed by atoms with Gasteiger partial charge < -0.3 is 10.5 Å². The third-order valence-corrected chi connectivity index (χ3v) is 3.82. The zero-order valence-electron chi connectivity index (χ0n) is 10.6. The second kappa shape index (κ2) is 6.42. The molecule has 19 heavy (non-hydrogen) atoms. The Hall–Kier alpha value is -1.03. The lowest BCUT2D eigenvalue weighted by molar-refractivity contribution is 0.414. The molecule has 2 rings (SSSR count). The van der Waals surface area contributed by atoms with Crippen LogP contribution in [0.25, 0.3) is 0 Å².